The molecule has 122 valence electrons. The predicted molar refractivity (Wildman–Crippen MR) is 104 cm³/mol. The second-order valence-electron chi connectivity index (χ2n) is 5.91. The molecule has 0 amide bonds. The van der Waals surface area contributed by atoms with Crippen LogP contribution in [0.15, 0.2) is 33.7 Å². The molecule has 1 aliphatic heterocycles. The molecule has 0 spiro atoms. The van der Waals surface area contributed by atoms with Crippen LogP contribution in [0, 0.1) is 0 Å². The van der Waals surface area contributed by atoms with Crippen molar-refractivity contribution in [3.63, 3.8) is 0 Å². The molecular weight excluding hydrogens is 457 g/mol. The second-order valence-corrected chi connectivity index (χ2v) is 6.83. The van der Waals surface area contributed by atoms with Crippen molar-refractivity contribution in [3.8, 4) is 0 Å². The summed E-state index contributed by atoms with van der Waals surface area (Å²) in [7, 11) is 0. The minimum Gasteiger partial charge on any atom is -0.378 e. The summed E-state index contributed by atoms with van der Waals surface area (Å²) in [4.78, 5) is 6.82. The number of benzene rings is 1. The predicted octanol–water partition coefficient (Wildman–Crippen LogP) is 3.14. The van der Waals surface area contributed by atoms with Gasteiger partial charge < -0.3 is 15.4 Å². The Bertz CT molecular complexity index is 511. The summed E-state index contributed by atoms with van der Waals surface area (Å²) in [5.41, 5.74) is 7.73. The lowest BCUT2D eigenvalue weighted by Crippen LogP contribution is -2.46. The largest absolute Gasteiger partial charge is 0.378 e. The van der Waals surface area contributed by atoms with Gasteiger partial charge in [0.15, 0.2) is 5.96 Å². The topological polar surface area (TPSA) is 50.8 Å². The molecule has 1 saturated carbocycles. The minimum absolute atomic E-state index is 0. The van der Waals surface area contributed by atoms with Crippen LogP contribution in [0.3, 0.4) is 0 Å². The molecule has 1 aromatic rings. The van der Waals surface area contributed by atoms with Gasteiger partial charge in [-0.05, 0) is 30.5 Å². The van der Waals surface area contributed by atoms with Crippen LogP contribution in [-0.4, -0.2) is 43.7 Å². The van der Waals surface area contributed by atoms with E-state index >= 15 is 0 Å². The number of nitrogens with zero attached hydrogens (tertiary/aromatic N) is 2. The van der Waals surface area contributed by atoms with Gasteiger partial charge in [-0.1, -0.05) is 34.5 Å². The third-order valence-electron chi connectivity index (χ3n) is 4.65. The molecule has 3 rings (SSSR count). The van der Waals surface area contributed by atoms with Gasteiger partial charge >= 0.3 is 0 Å². The lowest BCUT2D eigenvalue weighted by atomic mass is 9.64. The highest BCUT2D eigenvalue weighted by atomic mass is 127. The van der Waals surface area contributed by atoms with Crippen molar-refractivity contribution in [2.24, 2.45) is 10.7 Å². The molecule has 1 heterocycles. The van der Waals surface area contributed by atoms with Crippen LogP contribution in [0.1, 0.15) is 24.8 Å². The van der Waals surface area contributed by atoms with Gasteiger partial charge in [-0.2, -0.15) is 0 Å². The van der Waals surface area contributed by atoms with Crippen molar-refractivity contribution in [2.75, 3.05) is 32.8 Å². The smallest absolute Gasteiger partial charge is 0.191 e. The van der Waals surface area contributed by atoms with E-state index in [0.29, 0.717) is 5.96 Å². The Morgan fingerprint density at radius 1 is 1.23 bits per heavy atom. The first-order valence-corrected chi connectivity index (χ1v) is 8.38. The van der Waals surface area contributed by atoms with E-state index in [4.69, 9.17) is 15.5 Å². The summed E-state index contributed by atoms with van der Waals surface area (Å²) in [6, 6.07) is 8.66. The van der Waals surface area contributed by atoms with E-state index in [9.17, 15) is 0 Å². The maximum Gasteiger partial charge on any atom is 0.191 e. The molecule has 1 aliphatic carbocycles. The van der Waals surface area contributed by atoms with Crippen molar-refractivity contribution in [1.82, 2.24) is 4.90 Å². The summed E-state index contributed by atoms with van der Waals surface area (Å²) in [6.45, 7) is 3.97. The van der Waals surface area contributed by atoms with E-state index < -0.39 is 0 Å². The van der Waals surface area contributed by atoms with Crippen molar-refractivity contribution < 1.29 is 4.74 Å². The summed E-state index contributed by atoms with van der Waals surface area (Å²) in [5, 5.41) is 0. The molecule has 22 heavy (non-hydrogen) atoms. The molecule has 2 N–H and O–H groups in total. The number of halogens is 2. The number of hydrogen-bond donors (Lipinski definition) is 1. The molecule has 0 atom stereocenters. The highest BCUT2D eigenvalue weighted by molar-refractivity contribution is 14.0. The Hall–Kier alpha value is -0.340. The maximum absolute atomic E-state index is 6.15. The number of hydrogen-bond acceptors (Lipinski definition) is 2. The van der Waals surface area contributed by atoms with Gasteiger partial charge in [0.1, 0.15) is 0 Å². The average molecular weight is 480 g/mol. The first-order valence-electron chi connectivity index (χ1n) is 7.58. The van der Waals surface area contributed by atoms with Crippen molar-refractivity contribution in [3.05, 3.63) is 34.3 Å². The van der Waals surface area contributed by atoms with Gasteiger partial charge in [0, 0.05) is 23.0 Å². The third kappa shape index (κ3) is 3.94. The van der Waals surface area contributed by atoms with Crippen LogP contribution in [-0.2, 0) is 10.2 Å². The van der Waals surface area contributed by atoms with E-state index in [2.05, 4.69) is 45.1 Å². The normalized spacial score (nSPS) is 21.0. The van der Waals surface area contributed by atoms with Crippen LogP contribution < -0.4 is 5.73 Å². The van der Waals surface area contributed by atoms with Crippen LogP contribution >= 0.6 is 39.9 Å². The van der Waals surface area contributed by atoms with E-state index in [-0.39, 0.29) is 29.4 Å². The van der Waals surface area contributed by atoms with Gasteiger partial charge in [0.2, 0.25) is 0 Å². The Kier molecular flexibility index (Phi) is 6.52. The minimum atomic E-state index is 0. The Labute approximate surface area is 157 Å². The van der Waals surface area contributed by atoms with Crippen LogP contribution in [0.5, 0.6) is 0 Å². The number of aliphatic imine (C=N–C) groups is 1. The average Bonchev–Trinajstić information content (AvgIpc) is 2.48. The van der Waals surface area contributed by atoms with E-state index in [1.165, 1.54) is 24.8 Å². The van der Waals surface area contributed by atoms with E-state index in [1.807, 2.05) is 0 Å². The van der Waals surface area contributed by atoms with Gasteiger partial charge in [-0.25, -0.2) is 0 Å². The van der Waals surface area contributed by atoms with Crippen LogP contribution in [0.25, 0.3) is 0 Å². The van der Waals surface area contributed by atoms with E-state index in [0.717, 1.165) is 37.3 Å². The molecule has 4 nitrogen and oxygen atoms in total. The summed E-state index contributed by atoms with van der Waals surface area (Å²) in [5.74, 6) is 0.668. The second kappa shape index (κ2) is 7.97. The fourth-order valence-corrected chi connectivity index (χ4v) is 3.33. The first-order chi connectivity index (χ1) is 10.2. The molecule has 0 radical (unpaired) electrons. The van der Waals surface area contributed by atoms with Gasteiger partial charge in [-0.3, -0.25) is 4.99 Å². The molecule has 2 fully saturated rings. The molecule has 1 aromatic carbocycles. The third-order valence-corrected chi connectivity index (χ3v) is 5.17. The van der Waals surface area contributed by atoms with Gasteiger partial charge in [0.25, 0.3) is 0 Å². The highest BCUT2D eigenvalue weighted by Gasteiger charge is 2.38. The fourth-order valence-electron chi connectivity index (χ4n) is 3.07. The molecule has 0 aromatic heterocycles. The summed E-state index contributed by atoms with van der Waals surface area (Å²) < 4.78 is 6.47. The van der Waals surface area contributed by atoms with E-state index in [1.54, 1.807) is 0 Å². The van der Waals surface area contributed by atoms with Crippen LogP contribution in [0.2, 0.25) is 0 Å². The standard InChI is InChI=1S/C16H22BrN3O.HI/c17-14-4-2-13(3-5-14)16(6-1-7-16)12-19-15(18)20-8-10-21-11-9-20;/h2-5H,1,6-12H2,(H2,18,19);1H. The molecule has 0 unspecified atom stereocenters. The quantitative estimate of drug-likeness (QED) is 0.411. The number of ether oxygens (including phenoxy) is 1. The zero-order valence-corrected chi connectivity index (χ0v) is 16.5. The Morgan fingerprint density at radius 3 is 2.41 bits per heavy atom. The first kappa shape index (κ1) is 18.0. The number of rotatable bonds is 3. The Balaban J connectivity index is 0.00000176. The SMILES string of the molecule is I.NC(=NCC1(c2ccc(Br)cc2)CCC1)N1CCOCC1. The number of morpholine rings is 1. The zero-order chi connectivity index (χ0) is 14.7. The monoisotopic (exact) mass is 479 g/mol. The summed E-state index contributed by atoms with van der Waals surface area (Å²) in [6.07, 6.45) is 3.69. The van der Waals surface area contributed by atoms with Crippen molar-refractivity contribution in [2.45, 2.75) is 24.7 Å². The maximum atomic E-state index is 6.15. The Morgan fingerprint density at radius 2 is 1.86 bits per heavy atom. The molecule has 0 bridgehead atoms. The lowest BCUT2D eigenvalue weighted by Gasteiger charge is -2.41. The fraction of sp³-hybridized carbons (Fsp3) is 0.562. The van der Waals surface area contributed by atoms with Gasteiger partial charge in [-0.15, -0.1) is 24.0 Å². The lowest BCUT2D eigenvalue weighted by molar-refractivity contribution is 0.0673. The highest BCUT2D eigenvalue weighted by Crippen LogP contribution is 2.44. The number of nitrogens with two attached hydrogens (primary N) is 1. The van der Waals surface area contributed by atoms with Crippen molar-refractivity contribution >= 4 is 45.9 Å². The summed E-state index contributed by atoms with van der Waals surface area (Å²) >= 11 is 3.50. The number of guanidine groups is 1. The van der Waals surface area contributed by atoms with Crippen molar-refractivity contribution in [1.29, 1.82) is 0 Å². The van der Waals surface area contributed by atoms with Gasteiger partial charge in [0.05, 0.1) is 19.8 Å². The molecule has 2 aliphatic rings. The van der Waals surface area contributed by atoms with Crippen LogP contribution in [0.4, 0.5) is 0 Å². The zero-order valence-electron chi connectivity index (χ0n) is 12.6. The molecule has 6 heteroatoms. The molecule has 1 saturated heterocycles. The molecular formula is C16H23BrIN3O.